The van der Waals surface area contributed by atoms with Crippen molar-refractivity contribution < 1.29 is 19.1 Å². The Labute approximate surface area is 239 Å². The van der Waals surface area contributed by atoms with Crippen molar-refractivity contribution in [3.8, 4) is 0 Å². The molecule has 8 heteroatoms. The van der Waals surface area contributed by atoms with Crippen LogP contribution >= 0.6 is 11.6 Å². The number of piperazine rings is 1. The van der Waals surface area contributed by atoms with Gasteiger partial charge in [0.1, 0.15) is 11.4 Å². The van der Waals surface area contributed by atoms with Crippen molar-refractivity contribution in [1.82, 2.24) is 14.7 Å². The maximum Gasteiger partial charge on any atom is 0.410 e. The minimum absolute atomic E-state index is 0.146. The van der Waals surface area contributed by atoms with Crippen LogP contribution in [0.1, 0.15) is 82.9 Å². The highest BCUT2D eigenvalue weighted by Crippen LogP contribution is 2.29. The molecule has 0 radical (unpaired) electrons. The van der Waals surface area contributed by atoms with Gasteiger partial charge in [0.2, 0.25) is 5.91 Å². The van der Waals surface area contributed by atoms with Crippen molar-refractivity contribution in [1.29, 1.82) is 0 Å². The van der Waals surface area contributed by atoms with Gasteiger partial charge in [-0.3, -0.25) is 14.5 Å². The molecule has 0 N–H and O–H groups in total. The summed E-state index contributed by atoms with van der Waals surface area (Å²) in [4.78, 5) is 45.1. The van der Waals surface area contributed by atoms with E-state index in [0.29, 0.717) is 30.4 Å². The lowest BCUT2D eigenvalue weighted by atomic mass is 9.88. The molecule has 2 atom stereocenters. The number of halogens is 1. The van der Waals surface area contributed by atoms with Crippen molar-refractivity contribution in [3.63, 3.8) is 0 Å². The van der Waals surface area contributed by atoms with E-state index in [1.807, 2.05) is 32.9 Å². The number of piperidine rings is 1. The van der Waals surface area contributed by atoms with E-state index in [9.17, 15) is 14.4 Å². The van der Waals surface area contributed by atoms with Crippen LogP contribution < -0.4 is 0 Å². The predicted molar refractivity (Wildman–Crippen MR) is 154 cm³/mol. The number of ketones is 1. The zero-order valence-corrected chi connectivity index (χ0v) is 25.2. The summed E-state index contributed by atoms with van der Waals surface area (Å²) in [5, 5.41) is 0.639. The standard InChI is InChI=1S/C31H46ClN3O4/c1-21-18-33(13-14-35(21)29(37)23-9-6-7-10-23)19-26-16-27(32)15-25(22(26)2)17-28(36)24-11-8-12-34(20-24)30(38)39-31(3,4)5/h15-16,21,23-24H,6-14,17-20H2,1-5H3/t21-,24-/m0/s1. The molecule has 1 aliphatic carbocycles. The first-order chi connectivity index (χ1) is 18.4. The number of amides is 2. The fraction of sp³-hybridized carbons (Fsp3) is 0.710. The van der Waals surface area contributed by atoms with Gasteiger partial charge in [-0.1, -0.05) is 24.4 Å². The van der Waals surface area contributed by atoms with Crippen molar-refractivity contribution in [2.24, 2.45) is 11.8 Å². The van der Waals surface area contributed by atoms with Crippen LogP contribution in [0.15, 0.2) is 12.1 Å². The molecule has 216 valence electrons. The molecular formula is C31H46ClN3O4. The Balaban J connectivity index is 1.37. The first-order valence-corrected chi connectivity index (χ1v) is 15.1. The first-order valence-electron chi connectivity index (χ1n) is 14.7. The number of benzene rings is 1. The molecule has 4 rings (SSSR count). The van der Waals surface area contributed by atoms with Gasteiger partial charge in [-0.2, -0.15) is 0 Å². The highest BCUT2D eigenvalue weighted by Gasteiger charge is 2.34. The minimum Gasteiger partial charge on any atom is -0.444 e. The first kappa shape index (κ1) is 29.9. The van der Waals surface area contributed by atoms with Crippen molar-refractivity contribution in [2.75, 3.05) is 32.7 Å². The van der Waals surface area contributed by atoms with Crippen LogP contribution in [0, 0.1) is 18.8 Å². The van der Waals surface area contributed by atoms with Gasteiger partial charge in [0.25, 0.3) is 0 Å². The van der Waals surface area contributed by atoms with Crippen LogP contribution in [0.2, 0.25) is 5.02 Å². The smallest absolute Gasteiger partial charge is 0.410 e. The van der Waals surface area contributed by atoms with Crippen LogP contribution in [-0.2, 0) is 27.3 Å². The minimum atomic E-state index is -0.557. The molecule has 0 aromatic heterocycles. The summed E-state index contributed by atoms with van der Waals surface area (Å²) in [6.45, 7) is 14.0. The summed E-state index contributed by atoms with van der Waals surface area (Å²) < 4.78 is 5.53. The van der Waals surface area contributed by atoms with Crippen molar-refractivity contribution in [2.45, 2.75) is 97.8 Å². The zero-order valence-electron chi connectivity index (χ0n) is 24.4. The van der Waals surface area contributed by atoms with Gasteiger partial charge < -0.3 is 14.5 Å². The second-order valence-electron chi connectivity index (χ2n) is 12.9. The fourth-order valence-corrected chi connectivity index (χ4v) is 6.63. The summed E-state index contributed by atoms with van der Waals surface area (Å²) in [5.41, 5.74) is 2.63. The third-order valence-corrected chi connectivity index (χ3v) is 8.79. The van der Waals surface area contributed by atoms with Crippen LogP contribution in [0.5, 0.6) is 0 Å². The summed E-state index contributed by atoms with van der Waals surface area (Å²) in [7, 11) is 0. The van der Waals surface area contributed by atoms with Gasteiger partial charge in [-0.25, -0.2) is 4.79 Å². The van der Waals surface area contributed by atoms with E-state index in [0.717, 1.165) is 68.6 Å². The molecule has 3 fully saturated rings. The molecule has 39 heavy (non-hydrogen) atoms. The topological polar surface area (TPSA) is 70.2 Å². The van der Waals surface area contributed by atoms with Gasteiger partial charge in [0.15, 0.2) is 0 Å². The number of ether oxygens (including phenoxy) is 1. The second-order valence-corrected chi connectivity index (χ2v) is 13.3. The Morgan fingerprint density at radius 2 is 1.62 bits per heavy atom. The molecule has 0 spiro atoms. The highest BCUT2D eigenvalue weighted by molar-refractivity contribution is 6.30. The normalized spacial score (nSPS) is 23.2. The average Bonchev–Trinajstić information content (AvgIpc) is 3.41. The third-order valence-electron chi connectivity index (χ3n) is 8.57. The summed E-state index contributed by atoms with van der Waals surface area (Å²) in [6, 6.07) is 4.11. The molecule has 2 aliphatic heterocycles. The molecule has 1 saturated carbocycles. The monoisotopic (exact) mass is 559 g/mol. The van der Waals surface area contributed by atoms with E-state index in [2.05, 4.69) is 23.6 Å². The molecule has 1 aromatic carbocycles. The molecule has 0 unspecified atom stereocenters. The Morgan fingerprint density at radius 1 is 0.949 bits per heavy atom. The van der Waals surface area contributed by atoms with Gasteiger partial charge >= 0.3 is 6.09 Å². The van der Waals surface area contributed by atoms with E-state index in [4.69, 9.17) is 16.3 Å². The number of nitrogens with zero attached hydrogens (tertiary/aromatic N) is 3. The van der Waals surface area contributed by atoms with Gasteiger partial charge in [0.05, 0.1) is 0 Å². The zero-order chi connectivity index (χ0) is 28.3. The molecule has 1 aromatic rings. The van der Waals surface area contributed by atoms with Gasteiger partial charge in [-0.05, 0) is 89.1 Å². The quantitative estimate of drug-likeness (QED) is 0.452. The Kier molecular flexibility index (Phi) is 9.64. The maximum atomic E-state index is 13.4. The number of rotatable bonds is 6. The van der Waals surface area contributed by atoms with Crippen LogP contribution in [0.3, 0.4) is 0 Å². The molecule has 0 bridgehead atoms. The third kappa shape index (κ3) is 7.75. The maximum absolute atomic E-state index is 13.4. The molecule has 7 nitrogen and oxygen atoms in total. The van der Waals surface area contributed by atoms with E-state index >= 15 is 0 Å². The van der Waals surface area contributed by atoms with Crippen LogP contribution in [0.4, 0.5) is 4.79 Å². The second kappa shape index (κ2) is 12.6. The highest BCUT2D eigenvalue weighted by atomic mass is 35.5. The summed E-state index contributed by atoms with van der Waals surface area (Å²) in [5.74, 6) is 0.508. The lowest BCUT2D eigenvalue weighted by Crippen LogP contribution is -2.54. The summed E-state index contributed by atoms with van der Waals surface area (Å²) >= 11 is 6.55. The number of hydrogen-bond acceptors (Lipinski definition) is 5. The average molecular weight is 560 g/mol. The van der Waals surface area contributed by atoms with E-state index in [1.54, 1.807) is 4.90 Å². The molecule has 2 amide bonds. The van der Waals surface area contributed by atoms with Gasteiger partial charge in [-0.15, -0.1) is 0 Å². The van der Waals surface area contributed by atoms with Crippen molar-refractivity contribution in [3.05, 3.63) is 33.8 Å². The molecule has 2 saturated heterocycles. The summed E-state index contributed by atoms with van der Waals surface area (Å²) in [6.07, 6.45) is 5.96. The Morgan fingerprint density at radius 3 is 2.28 bits per heavy atom. The number of hydrogen-bond donors (Lipinski definition) is 0. The number of carbonyl (C=O) groups is 3. The van der Waals surface area contributed by atoms with Crippen LogP contribution in [0.25, 0.3) is 0 Å². The Bertz CT molecular complexity index is 1060. The number of likely N-dealkylation sites (tertiary alicyclic amines) is 1. The lowest BCUT2D eigenvalue weighted by molar-refractivity contribution is -0.140. The fourth-order valence-electron chi connectivity index (χ4n) is 6.36. The van der Waals surface area contributed by atoms with E-state index < -0.39 is 5.60 Å². The molecule has 2 heterocycles. The van der Waals surface area contributed by atoms with Crippen LogP contribution in [-0.4, -0.2) is 76.9 Å². The van der Waals surface area contributed by atoms with Gasteiger partial charge in [0, 0.05) is 68.6 Å². The van der Waals surface area contributed by atoms with E-state index in [-0.39, 0.29) is 29.8 Å². The molecular weight excluding hydrogens is 514 g/mol. The van der Waals surface area contributed by atoms with Crippen molar-refractivity contribution >= 4 is 29.4 Å². The Hall–Kier alpha value is -2.12. The largest absolute Gasteiger partial charge is 0.444 e. The number of carbonyl (C=O) groups excluding carboxylic acids is 3. The number of Topliss-reactive ketones (excluding diaryl/α,β-unsaturated/α-hetero) is 1. The van der Waals surface area contributed by atoms with E-state index in [1.165, 1.54) is 12.8 Å². The predicted octanol–water partition coefficient (Wildman–Crippen LogP) is 5.63. The lowest BCUT2D eigenvalue weighted by Gasteiger charge is -2.41. The molecule has 3 aliphatic rings. The SMILES string of the molecule is Cc1c(CC(=O)[C@H]2CCCN(C(=O)OC(C)(C)C)C2)cc(Cl)cc1CN1CCN(C(=O)C2CCCC2)[C@@H](C)C1.